The highest BCUT2D eigenvalue weighted by molar-refractivity contribution is 7.89. The van der Waals surface area contributed by atoms with Crippen LogP contribution in [0.5, 0.6) is 0 Å². The van der Waals surface area contributed by atoms with Crippen LogP contribution in [-0.4, -0.2) is 77.2 Å². The van der Waals surface area contributed by atoms with Crippen molar-refractivity contribution in [1.82, 2.24) is 14.3 Å². The number of benzene rings is 2. The molecule has 1 aliphatic heterocycles. The van der Waals surface area contributed by atoms with Crippen molar-refractivity contribution < 1.29 is 32.3 Å². The number of hydrogen-bond acceptors (Lipinski definition) is 6. The quantitative estimate of drug-likeness (QED) is 0.461. The minimum absolute atomic E-state index is 0.00601. The van der Waals surface area contributed by atoms with E-state index < -0.39 is 34.3 Å². The van der Waals surface area contributed by atoms with E-state index in [1.807, 2.05) is 13.8 Å². The van der Waals surface area contributed by atoms with Crippen LogP contribution in [0.4, 0.5) is 4.39 Å². The second kappa shape index (κ2) is 12.1. The van der Waals surface area contributed by atoms with E-state index in [9.17, 15) is 22.4 Å². The third-order valence-electron chi connectivity index (χ3n) is 5.88. The highest BCUT2D eigenvalue weighted by atomic mass is 35.5. The number of nitrogens with zero attached hydrogens (tertiary/aromatic N) is 3. The lowest BCUT2D eigenvalue weighted by Crippen LogP contribution is -2.58. The van der Waals surface area contributed by atoms with E-state index >= 15 is 0 Å². The van der Waals surface area contributed by atoms with Crippen LogP contribution >= 0.6 is 11.6 Å². The number of hydroxylamine groups is 1. The number of halogens is 2. The van der Waals surface area contributed by atoms with Gasteiger partial charge in [-0.15, -0.1) is 0 Å². The highest BCUT2D eigenvalue weighted by Gasteiger charge is 2.33. The summed E-state index contributed by atoms with van der Waals surface area (Å²) in [5.41, 5.74) is 1.43. The SMILES string of the molecule is CC1CN(C(=O)CON(Cc2cccc(Cl)c2)S(=O)(=O)CC(=O)O)C(C)CN1Cc1ccc(F)cc1. The number of piperazine rings is 1. The van der Waals surface area contributed by atoms with Crippen LogP contribution in [0.25, 0.3) is 0 Å². The Bertz CT molecular complexity index is 1180. The van der Waals surface area contributed by atoms with Crippen LogP contribution in [0, 0.1) is 5.82 Å². The Balaban J connectivity index is 1.65. The van der Waals surface area contributed by atoms with Gasteiger partial charge in [0.2, 0.25) is 10.0 Å². The molecule has 1 amide bonds. The monoisotopic (exact) mass is 541 g/mol. The van der Waals surface area contributed by atoms with Crippen molar-refractivity contribution in [2.24, 2.45) is 0 Å². The number of carboxylic acid groups (broad SMARTS) is 1. The lowest BCUT2D eigenvalue weighted by Gasteiger charge is -2.44. The molecule has 0 aliphatic carbocycles. The number of carbonyl (C=O) groups excluding carboxylic acids is 1. The van der Waals surface area contributed by atoms with Crippen molar-refractivity contribution >= 4 is 33.5 Å². The van der Waals surface area contributed by atoms with Gasteiger partial charge < -0.3 is 10.0 Å². The third kappa shape index (κ3) is 7.71. The zero-order valence-corrected chi connectivity index (χ0v) is 21.6. The average Bonchev–Trinajstić information content (AvgIpc) is 2.79. The number of carbonyl (C=O) groups is 2. The Morgan fingerprint density at radius 2 is 1.81 bits per heavy atom. The Morgan fingerprint density at radius 1 is 1.11 bits per heavy atom. The van der Waals surface area contributed by atoms with Crippen LogP contribution in [0.2, 0.25) is 5.02 Å². The van der Waals surface area contributed by atoms with E-state index in [0.717, 1.165) is 5.56 Å². The normalized spacial score (nSPS) is 19.0. The summed E-state index contributed by atoms with van der Waals surface area (Å²) in [5.74, 6) is -3.44. The molecule has 36 heavy (non-hydrogen) atoms. The molecule has 1 N–H and O–H groups in total. The molecular formula is C24H29ClFN3O6S. The molecule has 1 fully saturated rings. The lowest BCUT2D eigenvalue weighted by atomic mass is 10.1. The van der Waals surface area contributed by atoms with E-state index in [2.05, 4.69) is 4.90 Å². The molecule has 0 spiro atoms. The first kappa shape index (κ1) is 28.0. The predicted octanol–water partition coefficient (Wildman–Crippen LogP) is 2.75. The van der Waals surface area contributed by atoms with Crippen molar-refractivity contribution in [2.75, 3.05) is 25.4 Å². The second-order valence-electron chi connectivity index (χ2n) is 8.81. The van der Waals surface area contributed by atoms with E-state index in [1.54, 1.807) is 35.2 Å². The van der Waals surface area contributed by atoms with Crippen molar-refractivity contribution in [2.45, 2.75) is 39.0 Å². The lowest BCUT2D eigenvalue weighted by molar-refractivity contribution is -0.157. The van der Waals surface area contributed by atoms with Crippen LogP contribution in [0.15, 0.2) is 48.5 Å². The van der Waals surface area contributed by atoms with Gasteiger partial charge >= 0.3 is 5.97 Å². The molecule has 2 aromatic carbocycles. The van der Waals surface area contributed by atoms with E-state index in [-0.39, 0.29) is 24.4 Å². The van der Waals surface area contributed by atoms with Gasteiger partial charge in [-0.05, 0) is 49.2 Å². The van der Waals surface area contributed by atoms with Crippen LogP contribution in [0.3, 0.4) is 0 Å². The second-order valence-corrected chi connectivity index (χ2v) is 11.1. The molecule has 0 saturated carbocycles. The number of aliphatic carboxylic acids is 1. The van der Waals surface area contributed by atoms with Gasteiger partial charge in [-0.3, -0.25) is 19.3 Å². The summed E-state index contributed by atoms with van der Waals surface area (Å²) in [4.78, 5) is 33.3. The molecule has 12 heteroatoms. The summed E-state index contributed by atoms with van der Waals surface area (Å²) in [5, 5.41) is 9.39. The molecule has 2 aromatic rings. The molecule has 9 nitrogen and oxygen atoms in total. The fourth-order valence-electron chi connectivity index (χ4n) is 4.04. The molecule has 1 heterocycles. The number of rotatable bonds is 10. The summed E-state index contributed by atoms with van der Waals surface area (Å²) in [7, 11) is -4.37. The molecule has 1 saturated heterocycles. The maximum absolute atomic E-state index is 13.2. The minimum Gasteiger partial charge on any atom is -0.480 e. The van der Waals surface area contributed by atoms with Crippen molar-refractivity contribution in [3.8, 4) is 0 Å². The molecule has 0 aromatic heterocycles. The topological polar surface area (TPSA) is 107 Å². The Labute approximate surface area is 215 Å². The largest absolute Gasteiger partial charge is 0.480 e. The third-order valence-corrected chi connectivity index (χ3v) is 7.59. The first-order valence-electron chi connectivity index (χ1n) is 11.3. The predicted molar refractivity (Wildman–Crippen MR) is 132 cm³/mol. The highest BCUT2D eigenvalue weighted by Crippen LogP contribution is 2.20. The summed E-state index contributed by atoms with van der Waals surface area (Å²) in [6.07, 6.45) is 0. The van der Waals surface area contributed by atoms with Gasteiger partial charge in [0.1, 0.15) is 12.4 Å². The maximum atomic E-state index is 13.2. The summed E-state index contributed by atoms with van der Waals surface area (Å²) in [6.45, 7) is 4.53. The number of amides is 1. The Morgan fingerprint density at radius 3 is 2.44 bits per heavy atom. The molecule has 0 bridgehead atoms. The molecule has 0 radical (unpaired) electrons. The van der Waals surface area contributed by atoms with Gasteiger partial charge in [-0.25, -0.2) is 12.8 Å². The summed E-state index contributed by atoms with van der Waals surface area (Å²) < 4.78 is 38.9. The van der Waals surface area contributed by atoms with Crippen LogP contribution < -0.4 is 0 Å². The summed E-state index contributed by atoms with van der Waals surface area (Å²) >= 11 is 5.97. The van der Waals surface area contributed by atoms with Crippen LogP contribution in [-0.2, 0) is 37.5 Å². The van der Waals surface area contributed by atoms with Crippen molar-refractivity contribution in [3.05, 3.63) is 70.5 Å². The molecule has 2 unspecified atom stereocenters. The van der Waals surface area contributed by atoms with Crippen molar-refractivity contribution in [1.29, 1.82) is 0 Å². The average molecular weight is 542 g/mol. The fraction of sp³-hybridized carbons (Fsp3) is 0.417. The molecule has 196 valence electrons. The van der Waals surface area contributed by atoms with Gasteiger partial charge in [0.25, 0.3) is 5.91 Å². The standard InChI is InChI=1S/C24H29ClFN3O6S/c1-17-12-28(18(2)11-27(17)13-19-6-8-22(26)9-7-19)23(30)15-35-29(36(33,34)16-24(31)32)14-20-4-3-5-21(25)10-20/h3-10,17-18H,11-16H2,1-2H3,(H,31,32). The van der Waals surface area contributed by atoms with E-state index in [4.69, 9.17) is 21.5 Å². The molecule has 1 aliphatic rings. The first-order valence-corrected chi connectivity index (χ1v) is 13.3. The number of carboxylic acids is 1. The number of sulfonamides is 1. The van der Waals surface area contributed by atoms with Gasteiger partial charge in [0.05, 0.1) is 6.54 Å². The van der Waals surface area contributed by atoms with Crippen LogP contribution in [0.1, 0.15) is 25.0 Å². The summed E-state index contributed by atoms with van der Waals surface area (Å²) in [6, 6.07) is 12.5. The van der Waals surface area contributed by atoms with Crippen molar-refractivity contribution in [3.63, 3.8) is 0 Å². The van der Waals surface area contributed by atoms with Gasteiger partial charge in [-0.1, -0.05) is 40.3 Å². The van der Waals surface area contributed by atoms with E-state index in [0.29, 0.717) is 34.7 Å². The van der Waals surface area contributed by atoms with E-state index in [1.165, 1.54) is 18.2 Å². The van der Waals surface area contributed by atoms with Gasteiger partial charge in [-0.2, -0.15) is 0 Å². The Hall–Kier alpha value is -2.57. The minimum atomic E-state index is -4.37. The molecule has 3 rings (SSSR count). The molecular weight excluding hydrogens is 513 g/mol. The maximum Gasteiger partial charge on any atom is 0.320 e. The first-order chi connectivity index (χ1) is 16.9. The fourth-order valence-corrected chi connectivity index (χ4v) is 5.27. The van der Waals surface area contributed by atoms with Gasteiger partial charge in [0.15, 0.2) is 5.75 Å². The molecule has 2 atom stereocenters. The van der Waals surface area contributed by atoms with Gasteiger partial charge in [0, 0.05) is 36.7 Å². The number of hydrogen-bond donors (Lipinski definition) is 1. The zero-order chi connectivity index (χ0) is 26.5. The zero-order valence-electron chi connectivity index (χ0n) is 20.0. The Kier molecular flexibility index (Phi) is 9.42. The smallest absolute Gasteiger partial charge is 0.320 e.